The topological polar surface area (TPSA) is 62.3 Å². The molecule has 1 aliphatic rings. The van der Waals surface area contributed by atoms with Crippen LogP contribution in [0.25, 0.3) is 11.3 Å². The highest BCUT2D eigenvalue weighted by Crippen LogP contribution is 2.24. The summed E-state index contributed by atoms with van der Waals surface area (Å²) in [6.07, 6.45) is 3.00. The largest absolute Gasteiger partial charge is 0.314 e. The van der Waals surface area contributed by atoms with Gasteiger partial charge >= 0.3 is 0 Å². The number of hydrogen-bond acceptors (Lipinski definition) is 5. The van der Waals surface area contributed by atoms with E-state index < -0.39 is 9.84 Å². The van der Waals surface area contributed by atoms with Crippen molar-refractivity contribution in [1.29, 1.82) is 0 Å². The predicted molar refractivity (Wildman–Crippen MR) is 90.9 cm³/mol. The lowest BCUT2D eigenvalue weighted by Gasteiger charge is -2.27. The molecule has 2 aromatic rings. The first-order valence-electron chi connectivity index (χ1n) is 7.71. The number of pyridine rings is 1. The van der Waals surface area contributed by atoms with E-state index in [9.17, 15) is 8.42 Å². The molecule has 2 heterocycles. The van der Waals surface area contributed by atoms with E-state index in [1.165, 1.54) is 11.8 Å². The zero-order chi connectivity index (χ0) is 16.3. The zero-order valence-electron chi connectivity index (χ0n) is 13.2. The van der Waals surface area contributed by atoms with E-state index in [0.29, 0.717) is 4.90 Å². The number of sulfone groups is 1. The first-order chi connectivity index (χ1) is 11.0. The van der Waals surface area contributed by atoms with Gasteiger partial charge in [-0.1, -0.05) is 18.2 Å². The van der Waals surface area contributed by atoms with Crippen LogP contribution in [-0.4, -0.2) is 50.7 Å². The van der Waals surface area contributed by atoms with Crippen LogP contribution in [0.2, 0.25) is 0 Å². The maximum Gasteiger partial charge on any atom is 0.175 e. The van der Waals surface area contributed by atoms with Crippen molar-refractivity contribution < 1.29 is 8.42 Å². The van der Waals surface area contributed by atoms with Crippen molar-refractivity contribution >= 4 is 9.84 Å². The van der Waals surface area contributed by atoms with Gasteiger partial charge in [0.1, 0.15) is 0 Å². The average molecular weight is 331 g/mol. The number of nitrogens with zero attached hydrogens (tertiary/aromatic N) is 2. The smallest absolute Gasteiger partial charge is 0.175 e. The molecule has 1 aromatic heterocycles. The van der Waals surface area contributed by atoms with Crippen LogP contribution in [0, 0.1) is 0 Å². The fraction of sp³-hybridized carbons (Fsp3) is 0.353. The molecule has 1 N–H and O–H groups in total. The molecule has 5 nitrogen and oxygen atoms in total. The molecule has 1 saturated heterocycles. The quantitative estimate of drug-likeness (QED) is 0.921. The number of benzene rings is 1. The van der Waals surface area contributed by atoms with Gasteiger partial charge in [0.15, 0.2) is 9.84 Å². The van der Waals surface area contributed by atoms with Gasteiger partial charge in [-0.3, -0.25) is 9.88 Å². The Hall–Kier alpha value is -1.76. The van der Waals surface area contributed by atoms with Crippen molar-refractivity contribution in [3.05, 3.63) is 48.2 Å². The third-order valence-electron chi connectivity index (χ3n) is 4.05. The van der Waals surface area contributed by atoms with Crippen molar-refractivity contribution in [2.24, 2.45) is 0 Å². The molecule has 0 amide bonds. The van der Waals surface area contributed by atoms with Crippen LogP contribution < -0.4 is 5.32 Å². The van der Waals surface area contributed by atoms with Gasteiger partial charge in [0.2, 0.25) is 0 Å². The van der Waals surface area contributed by atoms with Crippen molar-refractivity contribution in [2.75, 3.05) is 32.4 Å². The Morgan fingerprint density at radius 3 is 2.48 bits per heavy atom. The Morgan fingerprint density at radius 1 is 1.13 bits per heavy atom. The Kier molecular flexibility index (Phi) is 4.75. The highest BCUT2D eigenvalue weighted by Gasteiger charge is 2.14. The van der Waals surface area contributed by atoms with E-state index in [-0.39, 0.29) is 0 Å². The summed E-state index contributed by atoms with van der Waals surface area (Å²) < 4.78 is 23.2. The Labute approximate surface area is 137 Å². The van der Waals surface area contributed by atoms with Crippen molar-refractivity contribution in [3.63, 3.8) is 0 Å². The Balaban J connectivity index is 1.87. The second kappa shape index (κ2) is 6.78. The van der Waals surface area contributed by atoms with Gasteiger partial charge in [0, 0.05) is 50.7 Å². The van der Waals surface area contributed by atoms with Gasteiger partial charge in [-0.05, 0) is 23.8 Å². The van der Waals surface area contributed by atoms with Crippen LogP contribution in [0.15, 0.2) is 47.5 Å². The Bertz CT molecular complexity index is 767. The zero-order valence-corrected chi connectivity index (χ0v) is 14.0. The second-order valence-electron chi connectivity index (χ2n) is 5.83. The SMILES string of the molecule is CS(=O)(=O)c1ccc(-c2ncccc2CN2CCNCC2)cc1. The monoisotopic (exact) mass is 331 g/mol. The molecule has 6 heteroatoms. The van der Waals surface area contributed by atoms with E-state index in [2.05, 4.69) is 21.3 Å². The number of rotatable bonds is 4. The molecular weight excluding hydrogens is 310 g/mol. The highest BCUT2D eigenvalue weighted by molar-refractivity contribution is 7.90. The molecule has 1 aliphatic heterocycles. The van der Waals surface area contributed by atoms with Gasteiger partial charge in [0.25, 0.3) is 0 Å². The van der Waals surface area contributed by atoms with Gasteiger partial charge in [-0.15, -0.1) is 0 Å². The van der Waals surface area contributed by atoms with Gasteiger partial charge < -0.3 is 5.32 Å². The maximum absolute atomic E-state index is 11.6. The van der Waals surface area contributed by atoms with E-state index in [0.717, 1.165) is 44.0 Å². The van der Waals surface area contributed by atoms with Gasteiger partial charge in [0.05, 0.1) is 10.6 Å². The molecule has 122 valence electrons. The van der Waals surface area contributed by atoms with Crippen LogP contribution in [0.3, 0.4) is 0 Å². The summed E-state index contributed by atoms with van der Waals surface area (Å²) in [6, 6.07) is 11.0. The van der Waals surface area contributed by atoms with Crippen molar-refractivity contribution in [1.82, 2.24) is 15.2 Å². The van der Waals surface area contributed by atoms with E-state index >= 15 is 0 Å². The third-order valence-corrected chi connectivity index (χ3v) is 5.18. The van der Waals surface area contributed by atoms with Crippen molar-refractivity contribution in [3.8, 4) is 11.3 Å². The summed E-state index contributed by atoms with van der Waals surface area (Å²) in [7, 11) is -3.17. The van der Waals surface area contributed by atoms with Crippen molar-refractivity contribution in [2.45, 2.75) is 11.4 Å². The summed E-state index contributed by atoms with van der Waals surface area (Å²) >= 11 is 0. The molecule has 1 aromatic carbocycles. The summed E-state index contributed by atoms with van der Waals surface area (Å²) in [5.74, 6) is 0. The van der Waals surface area contributed by atoms with E-state index in [1.807, 2.05) is 18.2 Å². The first-order valence-corrected chi connectivity index (χ1v) is 9.60. The van der Waals surface area contributed by atoms with Crippen LogP contribution in [0.1, 0.15) is 5.56 Å². The molecule has 0 spiro atoms. The van der Waals surface area contributed by atoms with Crippen LogP contribution in [0.4, 0.5) is 0 Å². The fourth-order valence-electron chi connectivity index (χ4n) is 2.80. The summed E-state index contributed by atoms with van der Waals surface area (Å²) in [6.45, 7) is 4.94. The molecule has 1 fully saturated rings. The lowest BCUT2D eigenvalue weighted by Crippen LogP contribution is -2.42. The normalized spacial score (nSPS) is 16.4. The first kappa shape index (κ1) is 16.1. The van der Waals surface area contributed by atoms with Crippen LogP contribution >= 0.6 is 0 Å². The van der Waals surface area contributed by atoms with Crippen LogP contribution in [-0.2, 0) is 16.4 Å². The summed E-state index contributed by atoms with van der Waals surface area (Å²) in [5.41, 5.74) is 3.04. The molecule has 3 rings (SSSR count). The molecule has 0 radical (unpaired) electrons. The van der Waals surface area contributed by atoms with Crippen LogP contribution in [0.5, 0.6) is 0 Å². The minimum atomic E-state index is -3.17. The minimum absolute atomic E-state index is 0.334. The summed E-state index contributed by atoms with van der Waals surface area (Å²) in [5, 5.41) is 3.35. The minimum Gasteiger partial charge on any atom is -0.314 e. The van der Waals surface area contributed by atoms with Gasteiger partial charge in [-0.2, -0.15) is 0 Å². The molecule has 0 unspecified atom stereocenters. The molecular formula is C17H21N3O2S. The maximum atomic E-state index is 11.6. The number of aromatic nitrogens is 1. The highest BCUT2D eigenvalue weighted by atomic mass is 32.2. The molecule has 0 aliphatic carbocycles. The third kappa shape index (κ3) is 3.96. The summed E-state index contributed by atoms with van der Waals surface area (Å²) in [4.78, 5) is 7.25. The van der Waals surface area contributed by atoms with E-state index in [1.54, 1.807) is 18.3 Å². The predicted octanol–water partition coefficient (Wildman–Crippen LogP) is 1.56. The lowest BCUT2D eigenvalue weighted by molar-refractivity contribution is 0.233. The number of hydrogen-bond donors (Lipinski definition) is 1. The second-order valence-corrected chi connectivity index (χ2v) is 7.85. The number of piperazine rings is 1. The lowest BCUT2D eigenvalue weighted by atomic mass is 10.1. The molecule has 0 saturated carbocycles. The van der Waals surface area contributed by atoms with Gasteiger partial charge in [-0.25, -0.2) is 8.42 Å². The van der Waals surface area contributed by atoms with E-state index in [4.69, 9.17) is 0 Å². The molecule has 0 atom stereocenters. The Morgan fingerprint density at radius 2 is 1.83 bits per heavy atom. The molecule has 23 heavy (non-hydrogen) atoms. The standard InChI is InChI=1S/C17H21N3O2S/c1-23(21,22)16-6-4-14(5-7-16)17-15(3-2-8-19-17)13-20-11-9-18-10-12-20/h2-8,18H,9-13H2,1H3. The average Bonchev–Trinajstić information content (AvgIpc) is 2.56. The molecule has 0 bridgehead atoms. The fourth-order valence-corrected chi connectivity index (χ4v) is 3.43. The number of nitrogens with one attached hydrogen (secondary N) is 1.